The molecule has 2 aliphatic rings. The van der Waals surface area contributed by atoms with Gasteiger partial charge in [0.15, 0.2) is 11.5 Å². The maximum atomic E-state index is 12.1. The topological polar surface area (TPSA) is 121 Å². The summed E-state index contributed by atoms with van der Waals surface area (Å²) >= 11 is 0. The first kappa shape index (κ1) is 27.7. The van der Waals surface area contributed by atoms with Crippen LogP contribution in [-0.4, -0.2) is 41.3 Å². The Bertz CT molecular complexity index is 1140. The zero-order valence-corrected chi connectivity index (χ0v) is 22.7. The molecule has 1 aromatic heterocycles. The Labute approximate surface area is 224 Å². The number of nitrogens with two attached hydrogens (primary N) is 1. The molecule has 4 rings (SSSR count). The molecule has 2 aromatic rings. The maximum absolute atomic E-state index is 12.1. The van der Waals surface area contributed by atoms with E-state index in [2.05, 4.69) is 4.98 Å². The minimum atomic E-state index is -0.423. The number of pyridine rings is 1. The summed E-state index contributed by atoms with van der Waals surface area (Å²) in [5.74, 6) is 1.74. The lowest BCUT2D eigenvalue weighted by Gasteiger charge is -2.43. The smallest absolute Gasteiger partial charge is 0.302 e. The quantitative estimate of drug-likeness (QED) is 0.394. The Morgan fingerprint density at radius 3 is 2.61 bits per heavy atom. The third-order valence-corrected chi connectivity index (χ3v) is 8.19. The van der Waals surface area contributed by atoms with Crippen molar-refractivity contribution < 1.29 is 28.9 Å². The number of hydrogen-bond donors (Lipinski definition) is 2. The summed E-state index contributed by atoms with van der Waals surface area (Å²) in [5, 5.41) is 10.5. The molecule has 206 valence electrons. The zero-order valence-electron chi connectivity index (χ0n) is 22.7. The van der Waals surface area contributed by atoms with E-state index in [1.165, 1.54) is 53.1 Å². The molecule has 2 bridgehead atoms. The Kier molecular flexibility index (Phi) is 9.13. The van der Waals surface area contributed by atoms with Crippen LogP contribution in [0.25, 0.3) is 11.1 Å². The molecule has 1 aromatic carbocycles. The van der Waals surface area contributed by atoms with Crippen molar-refractivity contribution in [1.29, 1.82) is 0 Å². The Balaban J connectivity index is 1.57. The second-order valence-corrected chi connectivity index (χ2v) is 10.8. The SMILES string of the molecule is COc1cc(CCC(CC(OC(C)=O)C2CCC3CCCC2C3)OC(C)=O)c(-c2ccnc(N)c2)cc1O. The summed E-state index contributed by atoms with van der Waals surface area (Å²) in [7, 11) is 1.51. The van der Waals surface area contributed by atoms with Crippen LogP contribution in [0.4, 0.5) is 5.82 Å². The van der Waals surface area contributed by atoms with Gasteiger partial charge in [-0.3, -0.25) is 9.59 Å². The van der Waals surface area contributed by atoms with Crippen LogP contribution in [0.3, 0.4) is 0 Å². The van der Waals surface area contributed by atoms with E-state index in [4.69, 9.17) is 19.9 Å². The number of fused-ring (bicyclic) bond motifs is 2. The van der Waals surface area contributed by atoms with Crippen LogP contribution < -0.4 is 10.5 Å². The summed E-state index contributed by atoms with van der Waals surface area (Å²) in [5.41, 5.74) is 8.46. The first-order valence-electron chi connectivity index (χ1n) is 13.7. The van der Waals surface area contributed by atoms with Crippen molar-refractivity contribution in [3.8, 4) is 22.6 Å². The number of anilines is 1. The fourth-order valence-corrected chi connectivity index (χ4v) is 6.56. The van der Waals surface area contributed by atoms with Gasteiger partial charge in [0, 0.05) is 26.5 Å². The number of carbonyl (C=O) groups is 2. The summed E-state index contributed by atoms with van der Waals surface area (Å²) in [4.78, 5) is 28.3. The highest BCUT2D eigenvalue weighted by molar-refractivity contribution is 5.72. The van der Waals surface area contributed by atoms with Crippen molar-refractivity contribution in [2.45, 2.75) is 83.8 Å². The van der Waals surface area contributed by atoms with Gasteiger partial charge >= 0.3 is 11.9 Å². The van der Waals surface area contributed by atoms with E-state index in [9.17, 15) is 14.7 Å². The van der Waals surface area contributed by atoms with Gasteiger partial charge in [0.05, 0.1) is 7.11 Å². The molecule has 0 amide bonds. The standard InChI is InChI=1S/C30H40N2O6/c1-18(33)37-24(16-28(38-19(2)34)25-10-7-20-5-4-6-21(25)13-20)9-8-22-14-29(36-3)27(35)17-26(22)23-11-12-32-30(31)15-23/h11-12,14-15,17,20-21,24-25,28,35H,4-10,13,16H2,1-3H3,(H2,31,32). The number of hydrogen-bond acceptors (Lipinski definition) is 8. The van der Waals surface area contributed by atoms with Crippen LogP contribution in [-0.2, 0) is 25.5 Å². The lowest BCUT2D eigenvalue weighted by molar-refractivity contribution is -0.158. The van der Waals surface area contributed by atoms with E-state index in [1.807, 2.05) is 6.07 Å². The molecule has 0 saturated heterocycles. The number of aromatic nitrogens is 1. The van der Waals surface area contributed by atoms with Crippen LogP contribution in [0.2, 0.25) is 0 Å². The second-order valence-electron chi connectivity index (χ2n) is 10.8. The highest BCUT2D eigenvalue weighted by atomic mass is 16.6. The molecule has 2 saturated carbocycles. The Hall–Kier alpha value is -3.29. The number of phenolic OH excluding ortho intramolecular Hbond substituents is 1. The molecule has 5 unspecified atom stereocenters. The van der Waals surface area contributed by atoms with Crippen LogP contribution in [0.5, 0.6) is 11.5 Å². The first-order chi connectivity index (χ1) is 18.2. The molecule has 0 radical (unpaired) electrons. The minimum Gasteiger partial charge on any atom is -0.504 e. The number of esters is 2. The fourth-order valence-electron chi connectivity index (χ4n) is 6.56. The number of methoxy groups -OCH3 is 1. The van der Waals surface area contributed by atoms with Gasteiger partial charge in [0.25, 0.3) is 0 Å². The summed E-state index contributed by atoms with van der Waals surface area (Å²) in [6.07, 6.45) is 9.59. The van der Waals surface area contributed by atoms with E-state index in [0.717, 1.165) is 29.0 Å². The summed E-state index contributed by atoms with van der Waals surface area (Å²) < 4.78 is 17.1. The highest BCUT2D eigenvalue weighted by Gasteiger charge is 2.40. The van der Waals surface area contributed by atoms with Crippen molar-refractivity contribution in [3.05, 3.63) is 36.0 Å². The van der Waals surface area contributed by atoms with Crippen LogP contribution in [0.1, 0.15) is 70.8 Å². The van der Waals surface area contributed by atoms with Gasteiger partial charge in [-0.1, -0.05) is 25.7 Å². The van der Waals surface area contributed by atoms with Gasteiger partial charge in [-0.25, -0.2) is 4.98 Å². The van der Waals surface area contributed by atoms with E-state index in [-0.39, 0.29) is 29.7 Å². The van der Waals surface area contributed by atoms with E-state index >= 15 is 0 Å². The van der Waals surface area contributed by atoms with Crippen molar-refractivity contribution in [1.82, 2.24) is 4.98 Å². The number of phenols is 1. The summed E-state index contributed by atoms with van der Waals surface area (Å²) in [6.45, 7) is 2.87. The second kappa shape index (κ2) is 12.5. The first-order valence-corrected chi connectivity index (χ1v) is 13.7. The lowest BCUT2D eigenvalue weighted by Crippen LogP contribution is -2.40. The van der Waals surface area contributed by atoms with Gasteiger partial charge in [-0.15, -0.1) is 0 Å². The molecule has 3 N–H and O–H groups in total. The average Bonchev–Trinajstić information content (AvgIpc) is 2.87. The molecule has 5 atom stereocenters. The molecule has 0 aliphatic heterocycles. The van der Waals surface area contributed by atoms with Gasteiger partial charge in [0.2, 0.25) is 0 Å². The summed E-state index contributed by atoms with van der Waals surface area (Å²) in [6, 6.07) is 7.05. The predicted octanol–water partition coefficient (Wildman–Crippen LogP) is 5.45. The van der Waals surface area contributed by atoms with Crippen LogP contribution >= 0.6 is 0 Å². The van der Waals surface area contributed by atoms with Crippen LogP contribution in [0, 0.1) is 17.8 Å². The van der Waals surface area contributed by atoms with Crippen LogP contribution in [0.15, 0.2) is 30.5 Å². The minimum absolute atomic E-state index is 0.0242. The van der Waals surface area contributed by atoms with Gasteiger partial charge in [-0.05, 0) is 84.4 Å². The van der Waals surface area contributed by atoms with Gasteiger partial charge in [0.1, 0.15) is 18.0 Å². The molecule has 2 fully saturated rings. The number of aromatic hydroxyl groups is 1. The third kappa shape index (κ3) is 6.97. The number of aryl methyl sites for hydroxylation is 1. The largest absolute Gasteiger partial charge is 0.504 e. The number of carbonyl (C=O) groups excluding carboxylic acids is 2. The number of benzene rings is 1. The van der Waals surface area contributed by atoms with Crippen molar-refractivity contribution in [2.75, 3.05) is 12.8 Å². The van der Waals surface area contributed by atoms with Crippen molar-refractivity contribution in [3.63, 3.8) is 0 Å². The van der Waals surface area contributed by atoms with E-state index in [1.54, 1.807) is 24.4 Å². The Morgan fingerprint density at radius 1 is 1.11 bits per heavy atom. The molecule has 38 heavy (non-hydrogen) atoms. The maximum Gasteiger partial charge on any atom is 0.302 e. The molecular formula is C30H40N2O6. The normalized spacial score (nSPS) is 22.2. The molecule has 2 aliphatic carbocycles. The lowest BCUT2D eigenvalue weighted by atomic mass is 9.64. The fraction of sp³-hybridized carbons (Fsp3) is 0.567. The van der Waals surface area contributed by atoms with Crippen molar-refractivity contribution >= 4 is 17.8 Å². The van der Waals surface area contributed by atoms with Crippen molar-refractivity contribution in [2.24, 2.45) is 17.8 Å². The Morgan fingerprint density at radius 2 is 1.89 bits per heavy atom. The highest BCUT2D eigenvalue weighted by Crippen LogP contribution is 2.46. The third-order valence-electron chi connectivity index (χ3n) is 8.19. The molecule has 8 heteroatoms. The molecule has 1 heterocycles. The number of nitrogens with zero attached hydrogens (tertiary/aromatic N) is 1. The number of rotatable bonds is 10. The molecule has 0 spiro atoms. The zero-order chi connectivity index (χ0) is 27.2. The molecular weight excluding hydrogens is 484 g/mol. The number of ether oxygens (including phenoxy) is 3. The average molecular weight is 525 g/mol. The van der Waals surface area contributed by atoms with Gasteiger partial charge in [-0.2, -0.15) is 0 Å². The van der Waals surface area contributed by atoms with E-state index in [0.29, 0.717) is 36.7 Å². The monoisotopic (exact) mass is 524 g/mol. The van der Waals surface area contributed by atoms with E-state index < -0.39 is 6.10 Å². The number of nitrogen functional groups attached to an aromatic ring is 1. The van der Waals surface area contributed by atoms with Gasteiger partial charge < -0.3 is 25.1 Å². The predicted molar refractivity (Wildman–Crippen MR) is 145 cm³/mol. The molecule has 8 nitrogen and oxygen atoms in total.